The first kappa shape index (κ1) is 13.8. The molecule has 0 saturated carbocycles. The van der Waals surface area contributed by atoms with E-state index in [9.17, 15) is 13.5 Å². The molecule has 0 atom stereocenters. The first-order valence-corrected chi connectivity index (χ1v) is 6.39. The third kappa shape index (κ3) is 3.32. The summed E-state index contributed by atoms with van der Waals surface area (Å²) < 4.78 is 26.2. The monoisotopic (exact) mass is 260 g/mol. The van der Waals surface area contributed by atoms with Gasteiger partial charge in [-0.2, -0.15) is 0 Å². The third-order valence-corrected chi connectivity index (χ3v) is 3.81. The van der Waals surface area contributed by atoms with E-state index in [0.717, 1.165) is 6.07 Å². The van der Waals surface area contributed by atoms with Crippen LogP contribution in [0.1, 0.15) is 13.8 Å². The second-order valence-electron chi connectivity index (χ2n) is 4.37. The third-order valence-electron chi connectivity index (χ3n) is 2.12. The maximum Gasteiger partial charge on any atom is 0.241 e. The van der Waals surface area contributed by atoms with Gasteiger partial charge < -0.3 is 15.9 Å². The van der Waals surface area contributed by atoms with Gasteiger partial charge in [0.2, 0.25) is 10.0 Å². The van der Waals surface area contributed by atoms with Gasteiger partial charge in [0.25, 0.3) is 0 Å². The number of nitrogens with two attached hydrogens (primary N) is 1. The van der Waals surface area contributed by atoms with Crippen LogP contribution in [0.5, 0.6) is 5.75 Å². The Hall–Kier alpha value is -1.31. The number of aliphatic hydroxyl groups excluding tert-OH is 1. The van der Waals surface area contributed by atoms with Gasteiger partial charge in [0.15, 0.2) is 0 Å². The quantitative estimate of drug-likeness (QED) is 0.450. The van der Waals surface area contributed by atoms with Gasteiger partial charge in [-0.05, 0) is 32.0 Å². The van der Waals surface area contributed by atoms with E-state index in [1.165, 1.54) is 12.1 Å². The van der Waals surface area contributed by atoms with Crippen molar-refractivity contribution in [2.24, 2.45) is 0 Å². The lowest BCUT2D eigenvalue weighted by Gasteiger charge is -2.23. The van der Waals surface area contributed by atoms with Crippen LogP contribution >= 0.6 is 0 Å². The van der Waals surface area contributed by atoms with Crippen molar-refractivity contribution in [3.63, 3.8) is 0 Å². The van der Waals surface area contributed by atoms with Gasteiger partial charge in [0.1, 0.15) is 5.75 Å². The van der Waals surface area contributed by atoms with Crippen LogP contribution in [-0.2, 0) is 10.0 Å². The van der Waals surface area contributed by atoms with Gasteiger partial charge in [0.05, 0.1) is 22.7 Å². The van der Waals surface area contributed by atoms with E-state index < -0.39 is 15.6 Å². The smallest absolute Gasteiger partial charge is 0.241 e. The topological polar surface area (TPSA) is 113 Å². The molecule has 0 saturated heterocycles. The summed E-state index contributed by atoms with van der Waals surface area (Å²) in [5.41, 5.74) is 4.44. The van der Waals surface area contributed by atoms with E-state index in [-0.39, 0.29) is 22.9 Å². The lowest BCUT2D eigenvalue weighted by molar-refractivity contribution is 0.208. The van der Waals surface area contributed by atoms with Crippen molar-refractivity contribution >= 4 is 15.7 Å². The molecular weight excluding hydrogens is 244 g/mol. The molecule has 0 fully saturated rings. The first-order chi connectivity index (χ1) is 7.68. The summed E-state index contributed by atoms with van der Waals surface area (Å²) >= 11 is 0. The Bertz CT molecular complexity index is 511. The number of rotatable bonds is 4. The number of aromatic hydroxyl groups is 1. The molecule has 17 heavy (non-hydrogen) atoms. The van der Waals surface area contributed by atoms with E-state index in [4.69, 9.17) is 10.8 Å². The largest absolute Gasteiger partial charge is 0.506 e. The Kier molecular flexibility index (Phi) is 3.65. The number of anilines is 1. The van der Waals surface area contributed by atoms with Gasteiger partial charge in [-0.15, -0.1) is 0 Å². The maximum absolute atomic E-state index is 11.9. The van der Waals surface area contributed by atoms with E-state index in [0.29, 0.717) is 0 Å². The predicted molar refractivity (Wildman–Crippen MR) is 64.0 cm³/mol. The Morgan fingerprint density at radius 1 is 1.41 bits per heavy atom. The molecule has 0 heterocycles. The standard InChI is InChI=1S/C10H16N2O4S/c1-10(2,6-13)12-17(15,16)7-3-4-9(14)8(11)5-7/h3-5,12-14H,6,11H2,1-2H3. The molecule has 0 aliphatic carbocycles. The second-order valence-corrected chi connectivity index (χ2v) is 6.05. The Balaban J connectivity index is 3.10. The number of sulfonamides is 1. The van der Waals surface area contributed by atoms with Crippen molar-refractivity contribution in [2.45, 2.75) is 24.3 Å². The number of nitrogen functional groups attached to an aromatic ring is 1. The fraction of sp³-hybridized carbons (Fsp3) is 0.400. The van der Waals surface area contributed by atoms with Crippen molar-refractivity contribution in [3.05, 3.63) is 18.2 Å². The summed E-state index contributed by atoms with van der Waals surface area (Å²) in [6.45, 7) is 2.77. The van der Waals surface area contributed by atoms with E-state index in [1.54, 1.807) is 13.8 Å². The number of benzene rings is 1. The van der Waals surface area contributed by atoms with Gasteiger partial charge in [-0.3, -0.25) is 0 Å². The summed E-state index contributed by atoms with van der Waals surface area (Å²) in [4.78, 5) is -0.0608. The van der Waals surface area contributed by atoms with Gasteiger partial charge in [0, 0.05) is 0 Å². The number of aliphatic hydroxyl groups is 1. The SMILES string of the molecule is CC(C)(CO)NS(=O)(=O)c1ccc(O)c(N)c1. The zero-order chi connectivity index (χ0) is 13.3. The van der Waals surface area contributed by atoms with Crippen LogP contribution in [0.4, 0.5) is 5.69 Å². The summed E-state index contributed by atoms with van der Waals surface area (Å²) in [6, 6.07) is 3.60. The highest BCUT2D eigenvalue weighted by molar-refractivity contribution is 7.89. The van der Waals surface area contributed by atoms with Crippen LogP contribution in [0.25, 0.3) is 0 Å². The van der Waals surface area contributed by atoms with Crippen molar-refractivity contribution in [1.82, 2.24) is 4.72 Å². The number of phenolic OH excluding ortho intramolecular Hbond substituents is 1. The van der Waals surface area contributed by atoms with Crippen molar-refractivity contribution in [3.8, 4) is 5.75 Å². The fourth-order valence-corrected chi connectivity index (χ4v) is 2.59. The number of hydrogen-bond donors (Lipinski definition) is 4. The molecule has 0 radical (unpaired) electrons. The number of phenols is 1. The van der Waals surface area contributed by atoms with Crippen molar-refractivity contribution < 1.29 is 18.6 Å². The molecule has 1 rings (SSSR count). The van der Waals surface area contributed by atoms with Crippen LogP contribution in [0.15, 0.2) is 23.1 Å². The first-order valence-electron chi connectivity index (χ1n) is 4.91. The van der Waals surface area contributed by atoms with Crippen molar-refractivity contribution in [2.75, 3.05) is 12.3 Å². The van der Waals surface area contributed by atoms with Crippen LogP contribution in [-0.4, -0.2) is 30.8 Å². The molecule has 0 aliphatic heterocycles. The minimum Gasteiger partial charge on any atom is -0.506 e. The minimum absolute atomic E-state index is 0.0188. The van der Waals surface area contributed by atoms with Gasteiger partial charge in [-0.25, -0.2) is 13.1 Å². The average Bonchev–Trinajstić information content (AvgIpc) is 2.20. The molecular formula is C10H16N2O4S. The second kappa shape index (κ2) is 4.52. The zero-order valence-corrected chi connectivity index (χ0v) is 10.5. The molecule has 1 aromatic carbocycles. The summed E-state index contributed by atoms with van der Waals surface area (Å²) in [5.74, 6) is -0.176. The highest BCUT2D eigenvalue weighted by Gasteiger charge is 2.25. The lowest BCUT2D eigenvalue weighted by atomic mass is 10.1. The normalized spacial score (nSPS) is 12.6. The van der Waals surface area contributed by atoms with Crippen LogP contribution in [0.2, 0.25) is 0 Å². The molecule has 0 unspecified atom stereocenters. The molecule has 96 valence electrons. The Morgan fingerprint density at radius 3 is 2.47 bits per heavy atom. The Labute approximate surface area is 100 Å². The highest BCUT2D eigenvalue weighted by atomic mass is 32.2. The van der Waals surface area contributed by atoms with E-state index >= 15 is 0 Å². The molecule has 0 spiro atoms. The molecule has 1 aromatic rings. The molecule has 7 heteroatoms. The minimum atomic E-state index is -3.77. The summed E-state index contributed by atoms with van der Waals surface area (Å²) in [6.07, 6.45) is 0. The van der Waals surface area contributed by atoms with Gasteiger partial charge in [-0.1, -0.05) is 0 Å². The van der Waals surface area contributed by atoms with E-state index in [2.05, 4.69) is 4.72 Å². The van der Waals surface area contributed by atoms with Crippen molar-refractivity contribution in [1.29, 1.82) is 0 Å². The molecule has 0 bridgehead atoms. The zero-order valence-electron chi connectivity index (χ0n) is 9.64. The average molecular weight is 260 g/mol. The molecule has 0 aliphatic rings. The summed E-state index contributed by atoms with van der Waals surface area (Å²) in [5, 5.41) is 18.2. The number of hydrogen-bond acceptors (Lipinski definition) is 5. The van der Waals surface area contributed by atoms with E-state index in [1.807, 2.05) is 0 Å². The molecule has 5 N–H and O–H groups in total. The van der Waals surface area contributed by atoms with Crippen LogP contribution < -0.4 is 10.5 Å². The van der Waals surface area contributed by atoms with Gasteiger partial charge >= 0.3 is 0 Å². The maximum atomic E-state index is 11.9. The molecule has 0 aromatic heterocycles. The fourth-order valence-electron chi connectivity index (χ4n) is 1.15. The highest BCUT2D eigenvalue weighted by Crippen LogP contribution is 2.23. The predicted octanol–water partition coefficient (Wildman–Crippen LogP) is 0.0236. The van der Waals surface area contributed by atoms with Crippen LogP contribution in [0, 0.1) is 0 Å². The lowest BCUT2D eigenvalue weighted by Crippen LogP contribution is -2.46. The number of nitrogens with one attached hydrogen (secondary N) is 1. The van der Waals surface area contributed by atoms with Crippen LogP contribution in [0.3, 0.4) is 0 Å². The molecule has 6 nitrogen and oxygen atoms in total. The Morgan fingerprint density at radius 2 is 2.00 bits per heavy atom. The summed E-state index contributed by atoms with van der Waals surface area (Å²) in [7, 11) is -3.77. The molecule has 0 amide bonds.